The van der Waals surface area contributed by atoms with Crippen LogP contribution in [-0.2, 0) is 15.6 Å². The summed E-state index contributed by atoms with van der Waals surface area (Å²) in [6.45, 7) is 0. The van der Waals surface area contributed by atoms with Crippen molar-refractivity contribution in [3.05, 3.63) is 51.3 Å². The van der Waals surface area contributed by atoms with E-state index >= 15 is 0 Å². The van der Waals surface area contributed by atoms with Crippen molar-refractivity contribution in [2.24, 2.45) is 0 Å². The van der Waals surface area contributed by atoms with Crippen molar-refractivity contribution in [3.63, 3.8) is 0 Å². The molecule has 1 aromatic carbocycles. The number of ketones is 1. The van der Waals surface area contributed by atoms with Crippen LogP contribution in [0.1, 0.15) is 46.0 Å². The Balaban J connectivity index is 1.91. The van der Waals surface area contributed by atoms with Crippen LogP contribution in [0.15, 0.2) is 33.4 Å². The number of sulfone groups is 1. The summed E-state index contributed by atoms with van der Waals surface area (Å²) in [7, 11) is -3.11. The van der Waals surface area contributed by atoms with Gasteiger partial charge in [-0.15, -0.1) is 0 Å². The predicted molar refractivity (Wildman–Crippen MR) is 84.6 cm³/mol. The average molecular weight is 384 g/mol. The second kappa shape index (κ2) is 5.62. The second-order valence-electron chi connectivity index (χ2n) is 5.59. The quantitative estimate of drug-likeness (QED) is 0.741. The number of benzene rings is 1. The minimum Gasteiger partial charge on any atom is -0.360 e. The summed E-state index contributed by atoms with van der Waals surface area (Å²) in [6, 6.07) is 4.96. The highest BCUT2D eigenvalue weighted by molar-refractivity contribution is 9.10. The Labute approximate surface area is 136 Å². The lowest BCUT2D eigenvalue weighted by Gasteiger charge is -2.06. The summed E-state index contributed by atoms with van der Waals surface area (Å²) in [5.74, 6) is 0.725. The third-order valence-electron chi connectivity index (χ3n) is 3.50. The molecule has 2 aromatic rings. The summed E-state index contributed by atoms with van der Waals surface area (Å²) in [6.07, 6.45) is 4.67. The molecule has 7 heteroatoms. The summed E-state index contributed by atoms with van der Waals surface area (Å²) < 4.78 is 28.4. The molecule has 0 unspecified atom stereocenters. The van der Waals surface area contributed by atoms with Crippen LogP contribution in [0.3, 0.4) is 0 Å². The van der Waals surface area contributed by atoms with E-state index in [9.17, 15) is 13.2 Å². The summed E-state index contributed by atoms with van der Waals surface area (Å²) >= 11 is 3.35. The van der Waals surface area contributed by atoms with Crippen molar-refractivity contribution in [1.29, 1.82) is 0 Å². The fourth-order valence-corrected chi connectivity index (χ4v) is 3.73. The predicted octanol–water partition coefficient (Wildman–Crippen LogP) is 3.09. The molecule has 0 atom stereocenters. The van der Waals surface area contributed by atoms with Crippen molar-refractivity contribution >= 4 is 31.6 Å². The van der Waals surface area contributed by atoms with Gasteiger partial charge in [-0.2, -0.15) is 0 Å². The van der Waals surface area contributed by atoms with Crippen LogP contribution in [0.25, 0.3) is 0 Å². The zero-order chi connectivity index (χ0) is 15.9. The van der Waals surface area contributed by atoms with E-state index in [2.05, 4.69) is 21.1 Å². The lowest BCUT2D eigenvalue weighted by Crippen LogP contribution is -2.06. The van der Waals surface area contributed by atoms with Gasteiger partial charge in [-0.05, 0) is 30.5 Å². The van der Waals surface area contributed by atoms with Crippen LogP contribution in [-0.4, -0.2) is 25.6 Å². The number of hydrogen-bond acceptors (Lipinski definition) is 5. The number of carbonyl (C=O) groups excluding carboxylic acids is 1. The minimum atomic E-state index is -3.11. The Morgan fingerprint density at radius 2 is 2.09 bits per heavy atom. The van der Waals surface area contributed by atoms with Gasteiger partial charge < -0.3 is 4.52 Å². The van der Waals surface area contributed by atoms with Crippen molar-refractivity contribution in [3.8, 4) is 0 Å². The van der Waals surface area contributed by atoms with E-state index in [1.165, 1.54) is 12.5 Å². The second-order valence-corrected chi connectivity index (χ2v) is 8.59. The zero-order valence-corrected chi connectivity index (χ0v) is 14.3. The first kappa shape index (κ1) is 15.4. The molecule has 0 radical (unpaired) electrons. The highest BCUT2D eigenvalue weighted by atomic mass is 79.9. The Hall–Kier alpha value is -1.47. The number of aromatic nitrogens is 1. The molecule has 0 bridgehead atoms. The molecular weight excluding hydrogens is 370 g/mol. The van der Waals surface area contributed by atoms with Gasteiger partial charge in [0.15, 0.2) is 21.4 Å². The van der Waals surface area contributed by atoms with Crippen molar-refractivity contribution in [1.82, 2.24) is 5.16 Å². The van der Waals surface area contributed by atoms with E-state index in [-0.39, 0.29) is 11.5 Å². The van der Waals surface area contributed by atoms with Gasteiger partial charge in [0.1, 0.15) is 0 Å². The molecule has 5 nitrogen and oxygen atoms in total. The first-order valence-electron chi connectivity index (χ1n) is 6.80. The highest BCUT2D eigenvalue weighted by Gasteiger charge is 2.33. The van der Waals surface area contributed by atoms with Gasteiger partial charge in [0.2, 0.25) is 0 Å². The monoisotopic (exact) mass is 383 g/mol. The van der Waals surface area contributed by atoms with Gasteiger partial charge in [0, 0.05) is 22.2 Å². The van der Waals surface area contributed by atoms with Crippen LogP contribution in [0, 0.1) is 0 Å². The molecule has 0 aliphatic heterocycles. The van der Waals surface area contributed by atoms with Crippen LogP contribution in [0.2, 0.25) is 0 Å². The van der Waals surface area contributed by atoms with Gasteiger partial charge in [0.25, 0.3) is 0 Å². The van der Waals surface area contributed by atoms with Crippen LogP contribution in [0.4, 0.5) is 0 Å². The fraction of sp³-hybridized carbons (Fsp3) is 0.333. The molecule has 0 spiro atoms. The SMILES string of the molecule is CS(=O)(=O)Cc1ccc(C(=O)c2cnoc2C2CC2)c(Br)c1. The zero-order valence-electron chi connectivity index (χ0n) is 11.9. The van der Waals surface area contributed by atoms with Crippen molar-refractivity contribution in [2.75, 3.05) is 6.26 Å². The standard InChI is InChI=1S/C15H14BrNO4S/c1-22(19,20)8-9-2-5-11(13(16)6-9)14(18)12-7-17-21-15(12)10-3-4-10/h2,5-7,10H,3-4,8H2,1H3. The number of nitrogens with zero attached hydrogens (tertiary/aromatic N) is 1. The van der Waals surface area contributed by atoms with Gasteiger partial charge in [-0.25, -0.2) is 8.42 Å². The Bertz CT molecular complexity index is 837. The number of rotatable bonds is 5. The van der Waals surface area contributed by atoms with Gasteiger partial charge >= 0.3 is 0 Å². The van der Waals surface area contributed by atoms with Crippen molar-refractivity contribution < 1.29 is 17.7 Å². The normalized spacial score (nSPS) is 15.0. The van der Waals surface area contributed by atoms with Gasteiger partial charge in [-0.1, -0.05) is 27.2 Å². The number of carbonyl (C=O) groups is 1. The molecule has 1 saturated carbocycles. The average Bonchev–Trinajstić information content (AvgIpc) is 3.14. The van der Waals surface area contributed by atoms with Gasteiger partial charge in [0.05, 0.1) is 17.5 Å². The summed E-state index contributed by atoms with van der Waals surface area (Å²) in [5.41, 5.74) is 1.60. The van der Waals surface area contributed by atoms with Crippen LogP contribution >= 0.6 is 15.9 Å². The smallest absolute Gasteiger partial charge is 0.199 e. The van der Waals surface area contributed by atoms with Crippen molar-refractivity contribution in [2.45, 2.75) is 24.5 Å². The Kier molecular flexibility index (Phi) is 3.94. The fourth-order valence-electron chi connectivity index (χ4n) is 2.34. The molecule has 1 heterocycles. The van der Waals surface area contributed by atoms with E-state index < -0.39 is 9.84 Å². The minimum absolute atomic E-state index is 0.0549. The third kappa shape index (κ3) is 3.30. The van der Waals surface area contributed by atoms with Crippen LogP contribution < -0.4 is 0 Å². The number of hydrogen-bond donors (Lipinski definition) is 0. The molecule has 0 N–H and O–H groups in total. The highest BCUT2D eigenvalue weighted by Crippen LogP contribution is 2.42. The molecular formula is C15H14BrNO4S. The molecule has 1 aliphatic rings. The van der Waals surface area contributed by atoms with E-state index in [1.807, 2.05) is 0 Å². The molecule has 0 saturated heterocycles. The molecule has 1 aromatic heterocycles. The maximum atomic E-state index is 12.6. The van der Waals surface area contributed by atoms with E-state index in [0.717, 1.165) is 12.8 Å². The van der Waals surface area contributed by atoms with E-state index in [4.69, 9.17) is 4.52 Å². The maximum absolute atomic E-state index is 12.6. The maximum Gasteiger partial charge on any atom is 0.199 e. The topological polar surface area (TPSA) is 77.2 Å². The molecule has 1 fully saturated rings. The summed E-state index contributed by atoms with van der Waals surface area (Å²) in [4.78, 5) is 12.6. The first-order valence-corrected chi connectivity index (χ1v) is 9.66. The van der Waals surface area contributed by atoms with Crippen LogP contribution in [0.5, 0.6) is 0 Å². The number of halogens is 1. The molecule has 22 heavy (non-hydrogen) atoms. The van der Waals surface area contributed by atoms with Gasteiger partial charge in [-0.3, -0.25) is 4.79 Å². The largest absolute Gasteiger partial charge is 0.360 e. The van der Waals surface area contributed by atoms with E-state index in [0.29, 0.717) is 32.8 Å². The molecule has 116 valence electrons. The Morgan fingerprint density at radius 3 is 2.68 bits per heavy atom. The molecule has 1 aliphatic carbocycles. The lowest BCUT2D eigenvalue weighted by molar-refractivity contribution is 0.103. The lowest BCUT2D eigenvalue weighted by atomic mass is 10.0. The Morgan fingerprint density at radius 1 is 1.36 bits per heavy atom. The first-order chi connectivity index (χ1) is 10.3. The molecule has 0 amide bonds. The van der Waals surface area contributed by atoms with E-state index in [1.54, 1.807) is 18.2 Å². The third-order valence-corrected chi connectivity index (χ3v) is 5.01. The molecule has 3 rings (SSSR count). The summed E-state index contributed by atoms with van der Waals surface area (Å²) in [5, 5.41) is 3.74.